The molecule has 2 fully saturated rings. The standard InChI is InChI=1S/C23H32N4O4S/c1-18-22(19(2)31-24-18)32(29,30)27-13-6-10-21(17-27)23(28)26-12-7-11-25(14-15-26)16-20-8-4-3-5-9-20/h3-5,8-9,21H,6-7,10-17H2,1-2H3. The fraction of sp³-hybridized carbons (Fsp3) is 0.565. The van der Waals surface area contributed by atoms with Gasteiger partial charge in [-0.2, -0.15) is 4.31 Å². The lowest BCUT2D eigenvalue weighted by molar-refractivity contribution is -0.136. The first-order valence-electron chi connectivity index (χ1n) is 11.3. The van der Waals surface area contributed by atoms with Crippen LogP contribution in [0.5, 0.6) is 0 Å². The fourth-order valence-electron chi connectivity index (χ4n) is 4.78. The van der Waals surface area contributed by atoms with E-state index in [9.17, 15) is 13.2 Å². The van der Waals surface area contributed by atoms with E-state index in [1.54, 1.807) is 13.8 Å². The molecule has 3 heterocycles. The Labute approximate surface area is 190 Å². The zero-order chi connectivity index (χ0) is 22.7. The van der Waals surface area contributed by atoms with Crippen LogP contribution in [0.4, 0.5) is 0 Å². The summed E-state index contributed by atoms with van der Waals surface area (Å²) in [6.45, 7) is 7.94. The molecule has 0 radical (unpaired) electrons. The van der Waals surface area contributed by atoms with Gasteiger partial charge in [0, 0.05) is 45.8 Å². The van der Waals surface area contributed by atoms with E-state index in [0.717, 1.165) is 39.0 Å². The van der Waals surface area contributed by atoms with Crippen LogP contribution >= 0.6 is 0 Å². The Morgan fingerprint density at radius 3 is 2.56 bits per heavy atom. The number of nitrogens with zero attached hydrogens (tertiary/aromatic N) is 4. The number of rotatable bonds is 5. The van der Waals surface area contributed by atoms with E-state index in [1.165, 1.54) is 9.87 Å². The molecule has 9 heteroatoms. The van der Waals surface area contributed by atoms with Gasteiger partial charge in [0.25, 0.3) is 0 Å². The number of sulfonamides is 1. The fourth-order valence-corrected chi connectivity index (χ4v) is 6.60. The van der Waals surface area contributed by atoms with E-state index < -0.39 is 10.0 Å². The number of benzene rings is 1. The second-order valence-corrected chi connectivity index (χ2v) is 10.7. The molecule has 1 atom stereocenters. The summed E-state index contributed by atoms with van der Waals surface area (Å²) in [6.07, 6.45) is 2.32. The third kappa shape index (κ3) is 4.89. The molecule has 0 bridgehead atoms. The predicted molar refractivity (Wildman–Crippen MR) is 120 cm³/mol. The molecule has 2 aliphatic heterocycles. The van der Waals surface area contributed by atoms with Crippen molar-refractivity contribution >= 4 is 15.9 Å². The molecule has 1 amide bonds. The number of amides is 1. The minimum absolute atomic E-state index is 0.0743. The zero-order valence-electron chi connectivity index (χ0n) is 18.9. The van der Waals surface area contributed by atoms with Crippen molar-refractivity contribution in [2.24, 2.45) is 5.92 Å². The Kier molecular flexibility index (Phi) is 6.97. The molecule has 4 rings (SSSR count). The maximum Gasteiger partial charge on any atom is 0.248 e. The lowest BCUT2D eigenvalue weighted by Crippen LogP contribution is -2.47. The molecule has 1 aromatic carbocycles. The molecule has 32 heavy (non-hydrogen) atoms. The summed E-state index contributed by atoms with van der Waals surface area (Å²) < 4.78 is 32.9. The molecule has 1 aromatic heterocycles. The molecular weight excluding hydrogens is 428 g/mol. The van der Waals surface area contributed by atoms with E-state index in [1.807, 2.05) is 11.0 Å². The molecular formula is C23H32N4O4S. The molecule has 1 unspecified atom stereocenters. The second kappa shape index (κ2) is 9.72. The highest BCUT2D eigenvalue weighted by Gasteiger charge is 2.37. The van der Waals surface area contributed by atoms with E-state index in [-0.39, 0.29) is 23.3 Å². The van der Waals surface area contributed by atoms with Crippen molar-refractivity contribution in [1.82, 2.24) is 19.3 Å². The average Bonchev–Trinajstić information content (AvgIpc) is 2.98. The molecule has 2 aliphatic rings. The predicted octanol–water partition coefficient (Wildman–Crippen LogP) is 2.43. The van der Waals surface area contributed by atoms with Gasteiger partial charge in [0.15, 0.2) is 5.76 Å². The summed E-state index contributed by atoms with van der Waals surface area (Å²) in [4.78, 5) is 17.8. The van der Waals surface area contributed by atoms with Crippen LogP contribution in [0, 0.1) is 19.8 Å². The Morgan fingerprint density at radius 1 is 1.06 bits per heavy atom. The molecule has 8 nitrogen and oxygen atoms in total. The molecule has 2 saturated heterocycles. The first kappa shape index (κ1) is 22.9. The maximum atomic E-state index is 13.3. The summed E-state index contributed by atoms with van der Waals surface area (Å²) >= 11 is 0. The van der Waals surface area contributed by atoms with Gasteiger partial charge in [0.1, 0.15) is 10.6 Å². The number of piperidine rings is 1. The summed E-state index contributed by atoms with van der Waals surface area (Å²) in [7, 11) is -3.73. The van der Waals surface area contributed by atoms with Crippen molar-refractivity contribution in [2.45, 2.75) is 44.6 Å². The molecule has 0 aliphatic carbocycles. The largest absolute Gasteiger partial charge is 0.360 e. The second-order valence-electron chi connectivity index (χ2n) is 8.80. The van der Waals surface area contributed by atoms with Gasteiger partial charge in [-0.05, 0) is 38.7 Å². The average molecular weight is 461 g/mol. The molecule has 0 N–H and O–H groups in total. The summed E-state index contributed by atoms with van der Waals surface area (Å²) in [5, 5.41) is 3.79. The zero-order valence-corrected chi connectivity index (χ0v) is 19.7. The Morgan fingerprint density at radius 2 is 1.84 bits per heavy atom. The van der Waals surface area contributed by atoms with Gasteiger partial charge in [-0.3, -0.25) is 9.69 Å². The normalized spacial score (nSPS) is 21.4. The van der Waals surface area contributed by atoms with Gasteiger partial charge >= 0.3 is 0 Å². The minimum atomic E-state index is -3.73. The van der Waals surface area contributed by atoms with Crippen LogP contribution in [0.15, 0.2) is 39.8 Å². The highest BCUT2D eigenvalue weighted by molar-refractivity contribution is 7.89. The number of aromatic nitrogens is 1. The van der Waals surface area contributed by atoms with Crippen LogP contribution in [0.3, 0.4) is 0 Å². The highest BCUT2D eigenvalue weighted by Crippen LogP contribution is 2.28. The Hall–Kier alpha value is -2.23. The van der Waals surface area contributed by atoms with Crippen LogP contribution in [0.2, 0.25) is 0 Å². The Balaban J connectivity index is 1.39. The number of hydrogen-bond donors (Lipinski definition) is 0. The quantitative estimate of drug-likeness (QED) is 0.681. The van der Waals surface area contributed by atoms with E-state index in [2.05, 4.69) is 34.3 Å². The maximum absolute atomic E-state index is 13.3. The first-order chi connectivity index (χ1) is 15.4. The van der Waals surface area contributed by atoms with Crippen LogP contribution in [-0.4, -0.2) is 72.9 Å². The number of aryl methyl sites for hydroxylation is 2. The van der Waals surface area contributed by atoms with Crippen molar-refractivity contribution in [3.05, 3.63) is 47.3 Å². The minimum Gasteiger partial charge on any atom is -0.360 e. The van der Waals surface area contributed by atoms with E-state index in [0.29, 0.717) is 31.0 Å². The van der Waals surface area contributed by atoms with Crippen molar-refractivity contribution in [2.75, 3.05) is 39.3 Å². The van der Waals surface area contributed by atoms with E-state index >= 15 is 0 Å². The van der Waals surface area contributed by atoms with Crippen molar-refractivity contribution in [1.29, 1.82) is 0 Å². The topological polar surface area (TPSA) is 87.0 Å². The molecule has 174 valence electrons. The van der Waals surface area contributed by atoms with Gasteiger partial charge in [0.2, 0.25) is 15.9 Å². The highest BCUT2D eigenvalue weighted by atomic mass is 32.2. The lowest BCUT2D eigenvalue weighted by atomic mass is 9.98. The van der Waals surface area contributed by atoms with Gasteiger partial charge in [-0.1, -0.05) is 35.5 Å². The molecule has 0 saturated carbocycles. The smallest absolute Gasteiger partial charge is 0.248 e. The van der Waals surface area contributed by atoms with E-state index in [4.69, 9.17) is 4.52 Å². The van der Waals surface area contributed by atoms with Gasteiger partial charge in [-0.25, -0.2) is 8.42 Å². The number of carbonyl (C=O) groups is 1. The van der Waals surface area contributed by atoms with Crippen molar-refractivity contribution < 1.29 is 17.7 Å². The third-order valence-corrected chi connectivity index (χ3v) is 8.56. The van der Waals surface area contributed by atoms with Gasteiger partial charge < -0.3 is 9.42 Å². The monoisotopic (exact) mass is 460 g/mol. The van der Waals surface area contributed by atoms with Gasteiger partial charge in [0.05, 0.1) is 5.92 Å². The SMILES string of the molecule is Cc1noc(C)c1S(=O)(=O)N1CCCC(C(=O)N2CCCN(Cc3ccccc3)CC2)C1. The van der Waals surface area contributed by atoms with Crippen molar-refractivity contribution in [3.8, 4) is 0 Å². The van der Waals surface area contributed by atoms with Crippen LogP contribution in [-0.2, 0) is 21.4 Å². The molecule has 0 spiro atoms. The lowest BCUT2D eigenvalue weighted by Gasteiger charge is -2.34. The first-order valence-corrected chi connectivity index (χ1v) is 12.8. The summed E-state index contributed by atoms with van der Waals surface area (Å²) in [6, 6.07) is 10.4. The third-order valence-electron chi connectivity index (χ3n) is 6.45. The van der Waals surface area contributed by atoms with Crippen LogP contribution < -0.4 is 0 Å². The molecule has 2 aromatic rings. The summed E-state index contributed by atoms with van der Waals surface area (Å²) in [5.41, 5.74) is 1.64. The number of carbonyl (C=O) groups excluding carboxylic acids is 1. The van der Waals surface area contributed by atoms with Gasteiger partial charge in [-0.15, -0.1) is 0 Å². The number of hydrogen-bond acceptors (Lipinski definition) is 6. The summed E-state index contributed by atoms with van der Waals surface area (Å²) in [5.74, 6) is 0.0619. The Bertz CT molecular complexity index is 1020. The van der Waals surface area contributed by atoms with Crippen LogP contribution in [0.25, 0.3) is 0 Å². The van der Waals surface area contributed by atoms with Crippen LogP contribution in [0.1, 0.15) is 36.3 Å². The van der Waals surface area contributed by atoms with Crippen molar-refractivity contribution in [3.63, 3.8) is 0 Å².